The number of hydrogen-bond donors (Lipinski definition) is 0. The lowest BCUT2D eigenvalue weighted by Crippen LogP contribution is -1.98. The molecule has 0 aromatic carbocycles. The van der Waals surface area contributed by atoms with Gasteiger partial charge in [0.2, 0.25) is 0 Å². The monoisotopic (exact) mass is 165 g/mol. The molecule has 1 aliphatic carbocycles. The molecule has 0 N–H and O–H groups in total. The van der Waals surface area contributed by atoms with Crippen molar-refractivity contribution in [3.8, 4) is 0 Å². The van der Waals surface area contributed by atoms with Crippen LogP contribution in [0.2, 0.25) is 0 Å². The zero-order chi connectivity index (χ0) is 8.65. The predicted molar refractivity (Wildman–Crippen MR) is 54.9 cm³/mol. The molecule has 0 spiro atoms. The Balaban J connectivity index is 2.23. The number of hydrogen-bond acceptors (Lipinski definition) is 0. The maximum atomic E-state index is 3.89. The molecule has 0 heterocycles. The van der Waals surface area contributed by atoms with Gasteiger partial charge in [-0.25, -0.2) is 0 Å². The van der Waals surface area contributed by atoms with Gasteiger partial charge in [0, 0.05) is 0 Å². The third kappa shape index (κ3) is 3.94. The van der Waals surface area contributed by atoms with Crippen LogP contribution in [0.1, 0.15) is 51.4 Å². The highest BCUT2D eigenvalue weighted by Gasteiger charge is 2.05. The van der Waals surface area contributed by atoms with Gasteiger partial charge < -0.3 is 0 Å². The van der Waals surface area contributed by atoms with Gasteiger partial charge >= 0.3 is 0 Å². The van der Waals surface area contributed by atoms with Crippen LogP contribution in [0, 0.1) is 12.8 Å². The highest BCUT2D eigenvalue weighted by molar-refractivity contribution is 4.89. The van der Waals surface area contributed by atoms with Crippen molar-refractivity contribution >= 4 is 0 Å². The van der Waals surface area contributed by atoms with Crippen molar-refractivity contribution in [2.24, 2.45) is 5.92 Å². The molecule has 0 aromatic heterocycles. The maximum absolute atomic E-state index is 3.89. The molecule has 0 heteroatoms. The molecular weight excluding hydrogens is 144 g/mol. The van der Waals surface area contributed by atoms with Crippen LogP contribution in [0.25, 0.3) is 0 Å². The largest absolute Gasteiger partial charge is 0.0883 e. The summed E-state index contributed by atoms with van der Waals surface area (Å²) in [5, 5.41) is 0. The van der Waals surface area contributed by atoms with Crippen molar-refractivity contribution in [3.63, 3.8) is 0 Å². The molecule has 1 rings (SSSR count). The first-order chi connectivity index (χ1) is 5.93. The average molecular weight is 165 g/mol. The first-order valence-electron chi connectivity index (χ1n) is 5.39. The lowest BCUT2D eigenvalue weighted by molar-refractivity contribution is 0.480. The van der Waals surface area contributed by atoms with Crippen molar-refractivity contribution in [3.05, 3.63) is 19.1 Å². The van der Waals surface area contributed by atoms with E-state index in [4.69, 9.17) is 0 Å². The second-order valence-corrected chi connectivity index (χ2v) is 3.82. The molecule has 12 heavy (non-hydrogen) atoms. The minimum Gasteiger partial charge on any atom is -0.0883 e. The molecule has 0 fully saturated rings. The van der Waals surface area contributed by atoms with Gasteiger partial charge in [-0.15, -0.1) is 0 Å². The molecule has 0 aromatic rings. The molecule has 0 amide bonds. The number of allylic oxidation sites excluding steroid dienone is 2. The van der Waals surface area contributed by atoms with Crippen LogP contribution in [0.3, 0.4) is 0 Å². The minimum atomic E-state index is 0.868. The van der Waals surface area contributed by atoms with E-state index in [1.54, 1.807) is 0 Å². The summed E-state index contributed by atoms with van der Waals surface area (Å²) in [6.07, 6.45) is 15.6. The van der Waals surface area contributed by atoms with Gasteiger partial charge in [-0.1, -0.05) is 44.8 Å². The van der Waals surface area contributed by atoms with E-state index < -0.39 is 0 Å². The summed E-state index contributed by atoms with van der Waals surface area (Å²) in [6.45, 7) is 3.89. The Morgan fingerprint density at radius 3 is 3.00 bits per heavy atom. The fraction of sp³-hybridized carbons (Fsp3) is 0.750. The Hall–Kier alpha value is -0.260. The summed E-state index contributed by atoms with van der Waals surface area (Å²) in [4.78, 5) is 0. The summed E-state index contributed by atoms with van der Waals surface area (Å²) < 4.78 is 0. The quantitative estimate of drug-likeness (QED) is 0.552. The zero-order valence-electron chi connectivity index (χ0n) is 8.10. The molecule has 69 valence electrons. The fourth-order valence-electron chi connectivity index (χ4n) is 1.88. The van der Waals surface area contributed by atoms with Gasteiger partial charge in [0.05, 0.1) is 0 Å². The normalized spacial score (nSPS) is 27.6. The Morgan fingerprint density at radius 1 is 1.25 bits per heavy atom. The smallest absolute Gasteiger partial charge is 0.0234 e. The van der Waals surface area contributed by atoms with Crippen LogP contribution in [0.4, 0.5) is 0 Å². The van der Waals surface area contributed by atoms with Gasteiger partial charge in [0.1, 0.15) is 0 Å². The van der Waals surface area contributed by atoms with Crippen LogP contribution in [-0.2, 0) is 0 Å². The second kappa shape index (κ2) is 6.28. The topological polar surface area (TPSA) is 0 Å². The molecule has 1 atom stereocenters. The van der Waals surface area contributed by atoms with Crippen molar-refractivity contribution in [1.82, 2.24) is 0 Å². The SMILES string of the molecule is [CH2]CCCC1/C=C\CCCCC1. The standard InChI is InChI=1S/C12H21/c1-2-3-9-12-10-7-5-4-6-8-11-12/h7,10,12H,1-6,8-9,11H2/b10-7-. The summed E-state index contributed by atoms with van der Waals surface area (Å²) in [6, 6.07) is 0. The molecular formula is C12H21. The molecule has 0 aliphatic heterocycles. The molecule has 1 radical (unpaired) electrons. The molecule has 0 saturated heterocycles. The van der Waals surface area contributed by atoms with Gasteiger partial charge in [-0.05, 0) is 31.6 Å². The van der Waals surface area contributed by atoms with Crippen molar-refractivity contribution < 1.29 is 0 Å². The molecule has 0 saturated carbocycles. The summed E-state index contributed by atoms with van der Waals surface area (Å²) in [5.74, 6) is 0.868. The molecule has 0 bridgehead atoms. The van der Waals surface area contributed by atoms with Crippen molar-refractivity contribution in [1.29, 1.82) is 0 Å². The van der Waals surface area contributed by atoms with E-state index in [-0.39, 0.29) is 0 Å². The average Bonchev–Trinajstić information content (AvgIpc) is 2.02. The Bertz CT molecular complexity index is 124. The Kier molecular flexibility index (Phi) is 5.14. The van der Waals surface area contributed by atoms with E-state index in [0.29, 0.717) is 0 Å². The predicted octanol–water partition coefficient (Wildman–Crippen LogP) is 4.13. The second-order valence-electron chi connectivity index (χ2n) is 3.82. The van der Waals surface area contributed by atoms with Gasteiger partial charge in [-0.2, -0.15) is 0 Å². The molecule has 0 nitrogen and oxygen atoms in total. The maximum Gasteiger partial charge on any atom is -0.0234 e. The first kappa shape index (κ1) is 9.83. The van der Waals surface area contributed by atoms with E-state index in [1.807, 2.05) is 0 Å². The molecule has 1 unspecified atom stereocenters. The fourth-order valence-corrected chi connectivity index (χ4v) is 1.88. The van der Waals surface area contributed by atoms with E-state index in [9.17, 15) is 0 Å². The van der Waals surface area contributed by atoms with Gasteiger partial charge in [-0.3, -0.25) is 0 Å². The lowest BCUT2D eigenvalue weighted by Gasteiger charge is -2.14. The highest BCUT2D eigenvalue weighted by atomic mass is 14.1. The van der Waals surface area contributed by atoms with Crippen LogP contribution in [0.5, 0.6) is 0 Å². The van der Waals surface area contributed by atoms with Crippen molar-refractivity contribution in [2.75, 3.05) is 0 Å². The van der Waals surface area contributed by atoms with E-state index in [0.717, 1.165) is 12.3 Å². The van der Waals surface area contributed by atoms with Crippen LogP contribution < -0.4 is 0 Å². The Morgan fingerprint density at radius 2 is 2.17 bits per heavy atom. The van der Waals surface area contributed by atoms with Gasteiger partial charge in [0.15, 0.2) is 0 Å². The summed E-state index contributed by atoms with van der Waals surface area (Å²) in [7, 11) is 0. The number of unbranched alkanes of at least 4 members (excludes halogenated alkanes) is 1. The Labute approximate surface area is 77.1 Å². The molecule has 1 aliphatic rings. The van der Waals surface area contributed by atoms with Crippen LogP contribution >= 0.6 is 0 Å². The van der Waals surface area contributed by atoms with Gasteiger partial charge in [0.25, 0.3) is 0 Å². The zero-order valence-corrected chi connectivity index (χ0v) is 8.10. The number of rotatable bonds is 3. The van der Waals surface area contributed by atoms with E-state index in [2.05, 4.69) is 19.1 Å². The minimum absolute atomic E-state index is 0.868. The first-order valence-corrected chi connectivity index (χ1v) is 5.39. The third-order valence-electron chi connectivity index (χ3n) is 2.68. The lowest BCUT2D eigenvalue weighted by atomic mass is 9.92. The van der Waals surface area contributed by atoms with E-state index >= 15 is 0 Å². The van der Waals surface area contributed by atoms with Crippen LogP contribution in [-0.4, -0.2) is 0 Å². The van der Waals surface area contributed by atoms with E-state index in [1.165, 1.54) is 44.9 Å². The summed E-state index contributed by atoms with van der Waals surface area (Å²) >= 11 is 0. The highest BCUT2D eigenvalue weighted by Crippen LogP contribution is 2.21. The third-order valence-corrected chi connectivity index (χ3v) is 2.68. The van der Waals surface area contributed by atoms with Crippen molar-refractivity contribution in [2.45, 2.75) is 51.4 Å². The summed E-state index contributed by atoms with van der Waals surface area (Å²) in [5.41, 5.74) is 0. The van der Waals surface area contributed by atoms with Crippen LogP contribution in [0.15, 0.2) is 12.2 Å².